The first-order valence-corrected chi connectivity index (χ1v) is 4.15. The van der Waals surface area contributed by atoms with Gasteiger partial charge in [0.15, 0.2) is 11.6 Å². The molecule has 0 saturated heterocycles. The Balaban J connectivity index is 3.12. The van der Waals surface area contributed by atoms with E-state index in [-0.39, 0.29) is 11.6 Å². The number of carbonyl (C=O) groups excluding carboxylic acids is 2. The first-order chi connectivity index (χ1) is 6.02. The second-order valence-corrected chi connectivity index (χ2v) is 3.18. The van der Waals surface area contributed by atoms with Crippen molar-refractivity contribution in [3.8, 4) is 0 Å². The predicted octanol–water partition coefficient (Wildman–Crippen LogP) is 1.98. The standard InChI is InChI=1S/C11H12O2/c1-7-4-5-10(11(13)6-7)8(2)9(3)12/h4-6H,1-3H3. The van der Waals surface area contributed by atoms with Crippen LogP contribution in [0.3, 0.4) is 0 Å². The van der Waals surface area contributed by atoms with Gasteiger partial charge in [-0.05, 0) is 32.4 Å². The summed E-state index contributed by atoms with van der Waals surface area (Å²) in [4.78, 5) is 22.4. The highest BCUT2D eigenvalue weighted by molar-refractivity contribution is 6.13. The summed E-state index contributed by atoms with van der Waals surface area (Å²) in [7, 11) is 0. The normalized spacial score (nSPS) is 19.9. The van der Waals surface area contributed by atoms with Crippen LogP contribution >= 0.6 is 0 Å². The number of rotatable bonds is 1. The van der Waals surface area contributed by atoms with Crippen LogP contribution in [-0.2, 0) is 9.59 Å². The van der Waals surface area contributed by atoms with Crippen molar-refractivity contribution in [2.45, 2.75) is 20.8 Å². The van der Waals surface area contributed by atoms with Gasteiger partial charge in [-0.2, -0.15) is 0 Å². The number of carbonyl (C=O) groups is 2. The van der Waals surface area contributed by atoms with E-state index >= 15 is 0 Å². The fraction of sp³-hybridized carbons (Fsp3) is 0.273. The zero-order valence-corrected chi connectivity index (χ0v) is 8.05. The average Bonchev–Trinajstić information content (AvgIpc) is 2.03. The summed E-state index contributed by atoms with van der Waals surface area (Å²) in [5.41, 5.74) is 1.97. The maximum atomic E-state index is 11.4. The number of ketones is 2. The molecule has 0 amide bonds. The van der Waals surface area contributed by atoms with E-state index in [1.165, 1.54) is 6.92 Å². The molecular formula is C11H12O2. The Hall–Kier alpha value is -1.44. The Morgan fingerprint density at radius 2 is 1.85 bits per heavy atom. The molecule has 0 atom stereocenters. The van der Waals surface area contributed by atoms with E-state index in [0.29, 0.717) is 11.1 Å². The van der Waals surface area contributed by atoms with Crippen molar-refractivity contribution < 1.29 is 9.59 Å². The summed E-state index contributed by atoms with van der Waals surface area (Å²) in [5, 5.41) is 0. The van der Waals surface area contributed by atoms with Gasteiger partial charge in [0, 0.05) is 11.1 Å². The van der Waals surface area contributed by atoms with Gasteiger partial charge in [0.05, 0.1) is 0 Å². The molecule has 13 heavy (non-hydrogen) atoms. The van der Waals surface area contributed by atoms with E-state index in [4.69, 9.17) is 0 Å². The summed E-state index contributed by atoms with van der Waals surface area (Å²) in [6.07, 6.45) is 5.08. The minimum Gasteiger partial charge on any atom is -0.295 e. The lowest BCUT2D eigenvalue weighted by molar-refractivity contribution is -0.115. The van der Waals surface area contributed by atoms with Gasteiger partial charge in [-0.1, -0.05) is 12.2 Å². The number of hydrogen-bond acceptors (Lipinski definition) is 2. The maximum absolute atomic E-state index is 11.4. The molecule has 68 valence electrons. The summed E-state index contributed by atoms with van der Waals surface area (Å²) < 4.78 is 0. The van der Waals surface area contributed by atoms with Gasteiger partial charge in [-0.15, -0.1) is 0 Å². The largest absolute Gasteiger partial charge is 0.295 e. The van der Waals surface area contributed by atoms with Crippen LogP contribution < -0.4 is 0 Å². The van der Waals surface area contributed by atoms with Gasteiger partial charge < -0.3 is 0 Å². The van der Waals surface area contributed by atoms with Crippen molar-refractivity contribution in [2.75, 3.05) is 0 Å². The van der Waals surface area contributed by atoms with Gasteiger partial charge in [-0.3, -0.25) is 9.59 Å². The lowest BCUT2D eigenvalue weighted by Crippen LogP contribution is -2.07. The van der Waals surface area contributed by atoms with Crippen molar-refractivity contribution >= 4 is 11.6 Å². The Morgan fingerprint density at radius 1 is 1.23 bits per heavy atom. The van der Waals surface area contributed by atoms with Crippen molar-refractivity contribution in [1.29, 1.82) is 0 Å². The molecule has 0 unspecified atom stereocenters. The second-order valence-electron chi connectivity index (χ2n) is 3.18. The second kappa shape index (κ2) is 3.52. The summed E-state index contributed by atoms with van der Waals surface area (Å²) in [6.45, 7) is 5.00. The molecule has 0 spiro atoms. The number of hydrogen-bond donors (Lipinski definition) is 0. The van der Waals surface area contributed by atoms with Crippen LogP contribution in [0, 0.1) is 0 Å². The van der Waals surface area contributed by atoms with E-state index in [2.05, 4.69) is 0 Å². The predicted molar refractivity (Wildman–Crippen MR) is 51.3 cm³/mol. The third-order valence-corrected chi connectivity index (χ3v) is 2.07. The van der Waals surface area contributed by atoms with E-state index < -0.39 is 0 Å². The van der Waals surface area contributed by atoms with Crippen LogP contribution in [0.2, 0.25) is 0 Å². The molecule has 0 N–H and O–H groups in total. The Morgan fingerprint density at radius 3 is 2.31 bits per heavy atom. The van der Waals surface area contributed by atoms with Gasteiger partial charge in [0.25, 0.3) is 0 Å². The first kappa shape index (κ1) is 9.65. The fourth-order valence-electron chi connectivity index (χ4n) is 1.13. The minimum atomic E-state index is -0.0762. The molecule has 0 saturated carbocycles. The lowest BCUT2D eigenvalue weighted by atomic mass is 9.96. The van der Waals surface area contributed by atoms with Gasteiger partial charge in [-0.25, -0.2) is 0 Å². The molecule has 0 aromatic carbocycles. The highest BCUT2D eigenvalue weighted by Crippen LogP contribution is 2.16. The molecule has 1 aliphatic carbocycles. The van der Waals surface area contributed by atoms with Gasteiger partial charge in [0.2, 0.25) is 0 Å². The molecule has 0 aliphatic heterocycles. The molecule has 0 radical (unpaired) electrons. The maximum Gasteiger partial charge on any atom is 0.186 e. The van der Waals surface area contributed by atoms with Crippen molar-refractivity contribution in [2.24, 2.45) is 0 Å². The molecule has 2 nitrogen and oxygen atoms in total. The van der Waals surface area contributed by atoms with E-state index in [9.17, 15) is 9.59 Å². The average molecular weight is 176 g/mol. The quantitative estimate of drug-likeness (QED) is 0.572. The van der Waals surface area contributed by atoms with E-state index in [1.807, 2.05) is 13.0 Å². The highest BCUT2D eigenvalue weighted by Gasteiger charge is 2.13. The van der Waals surface area contributed by atoms with Crippen molar-refractivity contribution in [3.05, 3.63) is 34.9 Å². The van der Waals surface area contributed by atoms with Crippen LogP contribution in [0.25, 0.3) is 0 Å². The SMILES string of the molecule is CC(=O)C(C)=C1C=CC(C)=CC1=O. The summed E-state index contributed by atoms with van der Waals surface area (Å²) >= 11 is 0. The first-order valence-electron chi connectivity index (χ1n) is 4.15. The number of Topliss-reactive ketones (excluding diaryl/α,β-unsaturated/α-hetero) is 1. The zero-order valence-electron chi connectivity index (χ0n) is 8.05. The number of allylic oxidation sites excluding steroid dienone is 6. The molecule has 0 aromatic rings. The Labute approximate surface area is 77.6 Å². The van der Waals surface area contributed by atoms with E-state index in [0.717, 1.165) is 5.57 Å². The van der Waals surface area contributed by atoms with E-state index in [1.54, 1.807) is 19.1 Å². The van der Waals surface area contributed by atoms with Crippen molar-refractivity contribution in [3.63, 3.8) is 0 Å². The third-order valence-electron chi connectivity index (χ3n) is 2.07. The zero-order chi connectivity index (χ0) is 10.0. The van der Waals surface area contributed by atoms with Crippen molar-refractivity contribution in [1.82, 2.24) is 0 Å². The smallest absolute Gasteiger partial charge is 0.186 e. The minimum absolute atomic E-state index is 0.0547. The summed E-state index contributed by atoms with van der Waals surface area (Å²) in [5.74, 6) is -0.131. The molecule has 1 aliphatic rings. The fourth-order valence-corrected chi connectivity index (χ4v) is 1.13. The van der Waals surface area contributed by atoms with Crippen LogP contribution in [0.1, 0.15) is 20.8 Å². The molecule has 1 rings (SSSR count). The van der Waals surface area contributed by atoms with Crippen LogP contribution in [0.15, 0.2) is 34.9 Å². The topological polar surface area (TPSA) is 34.1 Å². The molecule has 0 aromatic heterocycles. The van der Waals surface area contributed by atoms with Crippen LogP contribution in [0.4, 0.5) is 0 Å². The monoisotopic (exact) mass is 176 g/mol. The molecule has 2 heteroatoms. The lowest BCUT2D eigenvalue weighted by Gasteiger charge is -2.06. The molecule has 0 heterocycles. The molecule has 0 fully saturated rings. The Kier molecular flexibility index (Phi) is 2.61. The highest BCUT2D eigenvalue weighted by atomic mass is 16.1. The summed E-state index contributed by atoms with van der Waals surface area (Å²) in [6, 6.07) is 0. The van der Waals surface area contributed by atoms with Crippen LogP contribution in [-0.4, -0.2) is 11.6 Å². The van der Waals surface area contributed by atoms with Gasteiger partial charge >= 0.3 is 0 Å². The van der Waals surface area contributed by atoms with Gasteiger partial charge in [0.1, 0.15) is 0 Å². The van der Waals surface area contributed by atoms with Crippen LogP contribution in [0.5, 0.6) is 0 Å². The third kappa shape index (κ3) is 2.02. The molecular weight excluding hydrogens is 164 g/mol. The molecule has 0 bridgehead atoms. The Bertz CT molecular complexity index is 354.